The number of anilines is 2. The minimum Gasteiger partial charge on any atom is -0.383 e. The molecule has 4 heteroatoms. The summed E-state index contributed by atoms with van der Waals surface area (Å²) in [6.45, 7) is 2.20. The average Bonchev–Trinajstić information content (AvgIpc) is 2.66. The first-order chi connectivity index (χ1) is 8.63. The minimum absolute atomic E-state index is 0.782. The Kier molecular flexibility index (Phi) is 3.75. The molecule has 0 aliphatic carbocycles. The number of imidazole rings is 1. The molecule has 0 aliphatic rings. The molecule has 0 aliphatic heterocycles. The van der Waals surface area contributed by atoms with E-state index in [4.69, 9.17) is 5.73 Å². The Bertz CT molecular complexity index is 528. The van der Waals surface area contributed by atoms with Gasteiger partial charge in [0.15, 0.2) is 0 Å². The molecule has 18 heavy (non-hydrogen) atoms. The molecule has 0 saturated carbocycles. The van der Waals surface area contributed by atoms with Crippen molar-refractivity contribution in [1.29, 1.82) is 0 Å². The highest BCUT2D eigenvalue weighted by Gasteiger charge is 2.09. The molecule has 0 atom stereocenters. The van der Waals surface area contributed by atoms with Gasteiger partial charge in [0.25, 0.3) is 0 Å². The normalized spacial score (nSPS) is 11.1. The van der Waals surface area contributed by atoms with Gasteiger partial charge in [-0.15, -0.1) is 0 Å². The maximum Gasteiger partial charge on any atom is 0.138 e. The topological polar surface area (TPSA) is 46.6 Å². The van der Waals surface area contributed by atoms with Crippen LogP contribution in [0.3, 0.4) is 0 Å². The van der Waals surface area contributed by atoms with E-state index in [0.29, 0.717) is 0 Å². The molecular weight excluding hydrogens is 224 g/mol. The quantitative estimate of drug-likeness (QED) is 0.825. The van der Waals surface area contributed by atoms with Gasteiger partial charge in [0.05, 0.1) is 11.4 Å². The summed E-state index contributed by atoms with van der Waals surface area (Å²) in [7, 11) is 4.05. The van der Waals surface area contributed by atoms with Gasteiger partial charge in [0.2, 0.25) is 0 Å². The fraction of sp³-hybridized carbons (Fsp3) is 0.500. The largest absolute Gasteiger partial charge is 0.383 e. The van der Waals surface area contributed by atoms with E-state index in [-0.39, 0.29) is 0 Å². The predicted molar refractivity (Wildman–Crippen MR) is 77.2 cm³/mol. The number of hydrogen-bond donors (Lipinski definition) is 1. The third-order valence-corrected chi connectivity index (χ3v) is 3.25. The molecule has 2 aromatic heterocycles. The molecule has 98 valence electrons. The number of nitrogens with two attached hydrogens (primary N) is 1. The number of rotatable bonds is 5. The van der Waals surface area contributed by atoms with Gasteiger partial charge in [-0.25, -0.2) is 4.98 Å². The second kappa shape index (κ2) is 5.29. The van der Waals surface area contributed by atoms with Gasteiger partial charge in [0, 0.05) is 20.3 Å². The molecule has 0 radical (unpaired) electrons. The Morgan fingerprint density at radius 1 is 1.28 bits per heavy atom. The highest BCUT2D eigenvalue weighted by molar-refractivity contribution is 5.58. The van der Waals surface area contributed by atoms with Crippen molar-refractivity contribution >= 4 is 17.2 Å². The lowest BCUT2D eigenvalue weighted by molar-refractivity contribution is 0.711. The van der Waals surface area contributed by atoms with Crippen LogP contribution in [0.4, 0.5) is 11.5 Å². The number of unbranched alkanes of at least 4 members (excludes halogenated alkanes) is 2. The van der Waals surface area contributed by atoms with Crippen molar-refractivity contribution in [2.75, 3.05) is 24.7 Å². The molecular formula is C14H22N4. The number of nitrogens with zero attached hydrogens (tertiary/aromatic N) is 3. The Morgan fingerprint density at radius 3 is 2.72 bits per heavy atom. The van der Waals surface area contributed by atoms with Gasteiger partial charge in [-0.2, -0.15) is 0 Å². The van der Waals surface area contributed by atoms with Crippen LogP contribution < -0.4 is 10.6 Å². The standard InChI is InChI=1S/C14H22N4/c1-4-5-6-7-12-14(15)18-10-11(17(2)3)8-9-13(18)16-12/h8-10H,4-7,15H2,1-3H3. The summed E-state index contributed by atoms with van der Waals surface area (Å²) in [5.74, 6) is 0.782. The van der Waals surface area contributed by atoms with E-state index >= 15 is 0 Å². The fourth-order valence-corrected chi connectivity index (χ4v) is 2.09. The van der Waals surface area contributed by atoms with Gasteiger partial charge < -0.3 is 10.6 Å². The molecule has 2 aromatic rings. The molecule has 0 bridgehead atoms. The number of aromatic nitrogens is 2. The maximum absolute atomic E-state index is 6.17. The SMILES string of the molecule is CCCCCc1nc2ccc(N(C)C)cn2c1N. The number of hydrogen-bond acceptors (Lipinski definition) is 3. The molecule has 0 fully saturated rings. The van der Waals surface area contributed by atoms with Crippen molar-refractivity contribution in [2.45, 2.75) is 32.6 Å². The second-order valence-corrected chi connectivity index (χ2v) is 4.91. The summed E-state index contributed by atoms with van der Waals surface area (Å²) >= 11 is 0. The third-order valence-electron chi connectivity index (χ3n) is 3.25. The summed E-state index contributed by atoms with van der Waals surface area (Å²) < 4.78 is 1.98. The van der Waals surface area contributed by atoms with Crippen molar-refractivity contribution in [1.82, 2.24) is 9.38 Å². The van der Waals surface area contributed by atoms with E-state index in [1.807, 2.05) is 30.8 Å². The molecule has 2 N–H and O–H groups in total. The lowest BCUT2D eigenvalue weighted by Crippen LogP contribution is -2.09. The Hall–Kier alpha value is -1.71. The van der Waals surface area contributed by atoms with Crippen molar-refractivity contribution < 1.29 is 0 Å². The highest BCUT2D eigenvalue weighted by Crippen LogP contribution is 2.20. The third kappa shape index (κ3) is 2.42. The van der Waals surface area contributed by atoms with Gasteiger partial charge in [-0.1, -0.05) is 19.8 Å². The Balaban J connectivity index is 2.31. The van der Waals surface area contributed by atoms with Crippen LogP contribution in [0.5, 0.6) is 0 Å². The molecule has 0 amide bonds. The minimum atomic E-state index is 0.782. The Morgan fingerprint density at radius 2 is 2.06 bits per heavy atom. The number of fused-ring (bicyclic) bond motifs is 1. The molecule has 0 spiro atoms. The highest BCUT2D eigenvalue weighted by atomic mass is 15.1. The Labute approximate surface area is 108 Å². The predicted octanol–water partition coefficient (Wildman–Crippen LogP) is 2.72. The first-order valence-electron chi connectivity index (χ1n) is 6.57. The van der Waals surface area contributed by atoms with E-state index in [1.54, 1.807) is 0 Å². The second-order valence-electron chi connectivity index (χ2n) is 4.91. The van der Waals surface area contributed by atoms with E-state index in [2.05, 4.69) is 22.9 Å². The zero-order valence-corrected chi connectivity index (χ0v) is 11.5. The van der Waals surface area contributed by atoms with Crippen LogP contribution >= 0.6 is 0 Å². The maximum atomic E-state index is 6.17. The van der Waals surface area contributed by atoms with Crippen LogP contribution in [-0.4, -0.2) is 23.5 Å². The van der Waals surface area contributed by atoms with Gasteiger partial charge >= 0.3 is 0 Å². The first kappa shape index (κ1) is 12.7. The van der Waals surface area contributed by atoms with Crippen LogP contribution in [0.2, 0.25) is 0 Å². The van der Waals surface area contributed by atoms with E-state index < -0.39 is 0 Å². The summed E-state index contributed by atoms with van der Waals surface area (Å²) in [4.78, 5) is 6.67. The smallest absolute Gasteiger partial charge is 0.138 e. The van der Waals surface area contributed by atoms with Crippen LogP contribution in [-0.2, 0) is 6.42 Å². The summed E-state index contributed by atoms with van der Waals surface area (Å²) in [5.41, 5.74) is 9.27. The first-order valence-corrected chi connectivity index (χ1v) is 6.57. The van der Waals surface area contributed by atoms with E-state index in [9.17, 15) is 0 Å². The molecule has 0 saturated heterocycles. The summed E-state index contributed by atoms with van der Waals surface area (Å²) in [6, 6.07) is 4.09. The van der Waals surface area contributed by atoms with Crippen molar-refractivity contribution in [3.8, 4) is 0 Å². The zero-order chi connectivity index (χ0) is 13.1. The van der Waals surface area contributed by atoms with Gasteiger partial charge in [0.1, 0.15) is 11.5 Å². The molecule has 2 rings (SSSR count). The lowest BCUT2D eigenvalue weighted by atomic mass is 10.1. The molecule has 2 heterocycles. The average molecular weight is 246 g/mol. The zero-order valence-electron chi connectivity index (χ0n) is 11.5. The van der Waals surface area contributed by atoms with Crippen LogP contribution in [0.1, 0.15) is 31.9 Å². The van der Waals surface area contributed by atoms with E-state index in [0.717, 1.165) is 35.7 Å². The number of nitrogen functional groups attached to an aromatic ring is 1. The number of aryl methyl sites for hydroxylation is 1. The van der Waals surface area contributed by atoms with Gasteiger partial charge in [-0.05, 0) is 25.0 Å². The van der Waals surface area contributed by atoms with Crippen molar-refractivity contribution in [3.05, 3.63) is 24.0 Å². The lowest BCUT2D eigenvalue weighted by Gasteiger charge is -2.12. The van der Waals surface area contributed by atoms with Crippen LogP contribution in [0.25, 0.3) is 5.65 Å². The van der Waals surface area contributed by atoms with Crippen molar-refractivity contribution in [2.24, 2.45) is 0 Å². The van der Waals surface area contributed by atoms with Crippen LogP contribution in [0, 0.1) is 0 Å². The fourth-order valence-electron chi connectivity index (χ4n) is 2.09. The van der Waals surface area contributed by atoms with Crippen LogP contribution in [0.15, 0.2) is 18.3 Å². The molecule has 0 aromatic carbocycles. The van der Waals surface area contributed by atoms with E-state index in [1.165, 1.54) is 12.8 Å². The monoisotopic (exact) mass is 246 g/mol. The van der Waals surface area contributed by atoms with Gasteiger partial charge in [-0.3, -0.25) is 4.40 Å². The summed E-state index contributed by atoms with van der Waals surface area (Å²) in [5, 5.41) is 0. The number of pyridine rings is 1. The van der Waals surface area contributed by atoms with Crippen molar-refractivity contribution in [3.63, 3.8) is 0 Å². The molecule has 0 unspecified atom stereocenters. The molecule has 4 nitrogen and oxygen atoms in total. The summed E-state index contributed by atoms with van der Waals surface area (Å²) in [6.07, 6.45) is 6.62.